The Morgan fingerprint density at radius 2 is 1.67 bits per heavy atom. The second-order valence-electron chi connectivity index (χ2n) is 4.16. The highest BCUT2D eigenvalue weighted by molar-refractivity contribution is 5.89. The van der Waals surface area contributed by atoms with Gasteiger partial charge in [0.2, 0.25) is 11.8 Å². The van der Waals surface area contributed by atoms with Crippen LogP contribution in [-0.2, 0) is 9.59 Å². The Kier molecular flexibility index (Phi) is 5.93. The Balaban J connectivity index is 3.94. The zero-order chi connectivity index (χ0) is 12.0. The molecule has 0 aliphatic heterocycles. The van der Waals surface area contributed by atoms with E-state index in [4.69, 9.17) is 5.73 Å². The molecule has 0 aromatic carbocycles. The van der Waals surface area contributed by atoms with Crippen molar-refractivity contribution in [2.45, 2.75) is 39.8 Å². The highest BCUT2D eigenvalue weighted by Gasteiger charge is 2.17. The SMILES string of the molecule is CC(C)CNC(=O)C(C)NC(=O)[C@@H](C)N. The minimum absolute atomic E-state index is 0.183. The molecule has 0 fully saturated rings. The second-order valence-corrected chi connectivity index (χ2v) is 4.16. The van der Waals surface area contributed by atoms with Crippen molar-refractivity contribution >= 4 is 11.8 Å². The van der Waals surface area contributed by atoms with E-state index in [1.807, 2.05) is 13.8 Å². The molecule has 0 spiro atoms. The van der Waals surface area contributed by atoms with E-state index in [-0.39, 0.29) is 11.8 Å². The van der Waals surface area contributed by atoms with Gasteiger partial charge >= 0.3 is 0 Å². The van der Waals surface area contributed by atoms with Crippen LogP contribution in [0.15, 0.2) is 0 Å². The fourth-order valence-electron chi connectivity index (χ4n) is 0.868. The molecule has 0 aliphatic carbocycles. The van der Waals surface area contributed by atoms with Crippen LogP contribution in [0.2, 0.25) is 0 Å². The van der Waals surface area contributed by atoms with E-state index in [2.05, 4.69) is 10.6 Å². The third kappa shape index (κ3) is 6.06. The van der Waals surface area contributed by atoms with Crippen LogP contribution >= 0.6 is 0 Å². The number of carbonyl (C=O) groups excluding carboxylic acids is 2. The van der Waals surface area contributed by atoms with Crippen molar-refractivity contribution in [3.05, 3.63) is 0 Å². The zero-order valence-electron chi connectivity index (χ0n) is 9.83. The van der Waals surface area contributed by atoms with E-state index in [0.29, 0.717) is 12.5 Å². The Morgan fingerprint density at radius 1 is 1.13 bits per heavy atom. The van der Waals surface area contributed by atoms with Gasteiger partial charge in [-0.25, -0.2) is 0 Å². The van der Waals surface area contributed by atoms with E-state index in [0.717, 1.165) is 0 Å². The maximum atomic E-state index is 11.4. The monoisotopic (exact) mass is 215 g/mol. The quantitative estimate of drug-likeness (QED) is 0.584. The van der Waals surface area contributed by atoms with Gasteiger partial charge in [0.1, 0.15) is 6.04 Å². The summed E-state index contributed by atoms with van der Waals surface area (Å²) >= 11 is 0. The Labute approximate surface area is 90.8 Å². The molecule has 0 aliphatic rings. The van der Waals surface area contributed by atoms with Gasteiger partial charge in [-0.05, 0) is 19.8 Å². The minimum atomic E-state index is -0.592. The predicted molar refractivity (Wildman–Crippen MR) is 59.1 cm³/mol. The van der Waals surface area contributed by atoms with Gasteiger partial charge < -0.3 is 16.4 Å². The largest absolute Gasteiger partial charge is 0.354 e. The van der Waals surface area contributed by atoms with Crippen LogP contribution in [0.5, 0.6) is 0 Å². The molecule has 0 aromatic rings. The number of amides is 2. The van der Waals surface area contributed by atoms with Gasteiger partial charge in [0.25, 0.3) is 0 Å². The summed E-state index contributed by atoms with van der Waals surface area (Å²) in [5.41, 5.74) is 5.36. The molecule has 5 heteroatoms. The maximum Gasteiger partial charge on any atom is 0.242 e. The maximum absolute atomic E-state index is 11.4. The highest BCUT2D eigenvalue weighted by Crippen LogP contribution is 1.89. The first-order chi connectivity index (χ1) is 6.84. The molecule has 0 heterocycles. The summed E-state index contributed by atoms with van der Waals surface area (Å²) in [4.78, 5) is 22.6. The van der Waals surface area contributed by atoms with E-state index in [9.17, 15) is 9.59 Å². The molecule has 15 heavy (non-hydrogen) atoms. The Bertz CT molecular complexity index is 227. The molecular formula is C10H21N3O2. The summed E-state index contributed by atoms with van der Waals surface area (Å²) in [6.45, 7) is 7.83. The van der Waals surface area contributed by atoms with Crippen molar-refractivity contribution in [2.24, 2.45) is 11.7 Å². The summed E-state index contributed by atoms with van der Waals surface area (Å²) in [6.07, 6.45) is 0. The second kappa shape index (κ2) is 6.40. The summed E-state index contributed by atoms with van der Waals surface area (Å²) in [6, 6.07) is -1.13. The Morgan fingerprint density at radius 3 is 2.07 bits per heavy atom. The molecule has 0 saturated heterocycles. The van der Waals surface area contributed by atoms with Crippen LogP contribution < -0.4 is 16.4 Å². The molecule has 0 rings (SSSR count). The predicted octanol–water partition coefficient (Wildman–Crippen LogP) is -0.389. The van der Waals surface area contributed by atoms with E-state index >= 15 is 0 Å². The average molecular weight is 215 g/mol. The Hall–Kier alpha value is -1.10. The summed E-state index contributed by atoms with van der Waals surface area (Å²) in [7, 11) is 0. The number of nitrogens with two attached hydrogens (primary N) is 1. The fourth-order valence-corrected chi connectivity index (χ4v) is 0.868. The average Bonchev–Trinajstić information content (AvgIpc) is 2.13. The summed E-state index contributed by atoms with van der Waals surface area (Å²) in [5.74, 6) is -0.106. The van der Waals surface area contributed by atoms with Crippen molar-refractivity contribution in [2.75, 3.05) is 6.54 Å². The lowest BCUT2D eigenvalue weighted by Gasteiger charge is -2.16. The van der Waals surface area contributed by atoms with Crippen molar-refractivity contribution in [1.29, 1.82) is 0 Å². The van der Waals surface area contributed by atoms with Crippen LogP contribution in [0.3, 0.4) is 0 Å². The van der Waals surface area contributed by atoms with Gasteiger partial charge in [0.05, 0.1) is 6.04 Å². The first-order valence-corrected chi connectivity index (χ1v) is 5.18. The molecule has 5 nitrogen and oxygen atoms in total. The lowest BCUT2D eigenvalue weighted by atomic mass is 10.2. The lowest BCUT2D eigenvalue weighted by Crippen LogP contribution is -2.49. The summed E-state index contributed by atoms with van der Waals surface area (Å²) < 4.78 is 0. The van der Waals surface area contributed by atoms with Crippen molar-refractivity contribution in [1.82, 2.24) is 10.6 Å². The van der Waals surface area contributed by atoms with Crippen LogP contribution in [0, 0.1) is 5.92 Å². The fraction of sp³-hybridized carbons (Fsp3) is 0.800. The van der Waals surface area contributed by atoms with Crippen molar-refractivity contribution in [3.8, 4) is 0 Å². The number of hydrogen-bond acceptors (Lipinski definition) is 3. The van der Waals surface area contributed by atoms with E-state index in [1.165, 1.54) is 0 Å². The summed E-state index contributed by atoms with van der Waals surface area (Å²) in [5, 5.41) is 5.26. The van der Waals surface area contributed by atoms with Gasteiger partial charge in [0.15, 0.2) is 0 Å². The number of hydrogen-bond donors (Lipinski definition) is 3. The lowest BCUT2D eigenvalue weighted by molar-refractivity contribution is -0.129. The molecule has 4 N–H and O–H groups in total. The third-order valence-electron chi connectivity index (χ3n) is 1.85. The number of carbonyl (C=O) groups is 2. The zero-order valence-corrected chi connectivity index (χ0v) is 9.83. The molecule has 88 valence electrons. The minimum Gasteiger partial charge on any atom is -0.354 e. The number of rotatable bonds is 5. The third-order valence-corrected chi connectivity index (χ3v) is 1.85. The van der Waals surface area contributed by atoms with Crippen molar-refractivity contribution in [3.63, 3.8) is 0 Å². The van der Waals surface area contributed by atoms with Gasteiger partial charge in [-0.15, -0.1) is 0 Å². The molecule has 2 amide bonds. The molecule has 1 unspecified atom stereocenters. The van der Waals surface area contributed by atoms with E-state index < -0.39 is 12.1 Å². The van der Waals surface area contributed by atoms with Crippen LogP contribution in [0.4, 0.5) is 0 Å². The van der Waals surface area contributed by atoms with Crippen LogP contribution in [0.1, 0.15) is 27.7 Å². The highest BCUT2D eigenvalue weighted by atomic mass is 16.2. The van der Waals surface area contributed by atoms with Crippen molar-refractivity contribution < 1.29 is 9.59 Å². The molecule has 2 atom stereocenters. The van der Waals surface area contributed by atoms with Crippen LogP contribution in [0.25, 0.3) is 0 Å². The normalized spacial score (nSPS) is 14.5. The standard InChI is InChI=1S/C10H21N3O2/c1-6(2)5-12-10(15)8(4)13-9(14)7(3)11/h6-8H,5,11H2,1-4H3,(H,12,15)(H,13,14)/t7-,8?/m1/s1. The van der Waals surface area contributed by atoms with Gasteiger partial charge in [-0.2, -0.15) is 0 Å². The molecule has 0 saturated carbocycles. The first kappa shape index (κ1) is 13.9. The molecular weight excluding hydrogens is 194 g/mol. The molecule has 0 radical (unpaired) electrons. The van der Waals surface area contributed by atoms with Gasteiger partial charge in [-0.3, -0.25) is 9.59 Å². The molecule has 0 bridgehead atoms. The smallest absolute Gasteiger partial charge is 0.242 e. The molecule has 0 aromatic heterocycles. The number of nitrogens with one attached hydrogen (secondary N) is 2. The van der Waals surface area contributed by atoms with E-state index in [1.54, 1.807) is 13.8 Å². The topological polar surface area (TPSA) is 84.2 Å². The van der Waals surface area contributed by atoms with Gasteiger partial charge in [-0.1, -0.05) is 13.8 Å². The van der Waals surface area contributed by atoms with Crippen LogP contribution in [-0.4, -0.2) is 30.4 Å². The first-order valence-electron chi connectivity index (χ1n) is 5.18. The van der Waals surface area contributed by atoms with Gasteiger partial charge in [0, 0.05) is 6.54 Å².